The molecule has 21 heavy (non-hydrogen) atoms. The molecule has 0 aromatic heterocycles. The summed E-state index contributed by atoms with van der Waals surface area (Å²) in [5.74, 6) is 0.155. The molecule has 3 rings (SSSR count). The van der Waals surface area contributed by atoms with E-state index in [0.29, 0.717) is 18.9 Å². The number of anilines is 1. The smallest absolute Gasteiger partial charge is 0.254 e. The topological polar surface area (TPSA) is 61.4 Å². The highest BCUT2D eigenvalue weighted by atomic mass is 16.2. The summed E-state index contributed by atoms with van der Waals surface area (Å²) in [4.78, 5) is 26.0. The van der Waals surface area contributed by atoms with Crippen molar-refractivity contribution in [3.05, 3.63) is 29.3 Å². The molecule has 2 amide bonds. The second-order valence-corrected chi connectivity index (χ2v) is 5.77. The molecule has 0 aliphatic carbocycles. The second kappa shape index (κ2) is 5.85. The Kier molecular flexibility index (Phi) is 3.92. The lowest BCUT2D eigenvalue weighted by Crippen LogP contribution is -2.40. The van der Waals surface area contributed by atoms with E-state index < -0.39 is 0 Å². The van der Waals surface area contributed by atoms with Crippen LogP contribution in [0.5, 0.6) is 0 Å². The number of carbonyl (C=O) groups is 2. The van der Waals surface area contributed by atoms with Crippen molar-refractivity contribution in [3.8, 4) is 0 Å². The minimum atomic E-state index is 0.0511. The molecule has 0 unspecified atom stereocenters. The van der Waals surface area contributed by atoms with Gasteiger partial charge in [-0.1, -0.05) is 0 Å². The van der Waals surface area contributed by atoms with E-state index in [1.165, 1.54) is 0 Å². The molecule has 2 aliphatic heterocycles. The Morgan fingerprint density at radius 1 is 1.43 bits per heavy atom. The molecular weight excluding hydrogens is 266 g/mol. The van der Waals surface area contributed by atoms with Crippen LogP contribution in [-0.4, -0.2) is 42.9 Å². The highest BCUT2D eigenvalue weighted by Crippen LogP contribution is 2.26. The van der Waals surface area contributed by atoms with Gasteiger partial charge < -0.3 is 15.5 Å². The van der Waals surface area contributed by atoms with Gasteiger partial charge in [-0.25, -0.2) is 0 Å². The van der Waals surface area contributed by atoms with E-state index >= 15 is 0 Å². The fraction of sp³-hybridized carbons (Fsp3) is 0.500. The average Bonchev–Trinajstić information content (AvgIpc) is 2.94. The van der Waals surface area contributed by atoms with Crippen LogP contribution in [0.4, 0.5) is 5.69 Å². The van der Waals surface area contributed by atoms with Gasteiger partial charge in [0.2, 0.25) is 5.91 Å². The van der Waals surface area contributed by atoms with E-state index in [-0.39, 0.29) is 11.8 Å². The monoisotopic (exact) mass is 287 g/mol. The highest BCUT2D eigenvalue weighted by molar-refractivity contribution is 5.98. The summed E-state index contributed by atoms with van der Waals surface area (Å²) < 4.78 is 0. The van der Waals surface area contributed by atoms with Crippen LogP contribution >= 0.6 is 0 Å². The molecule has 1 fully saturated rings. The highest BCUT2D eigenvalue weighted by Gasteiger charge is 2.29. The number of aryl methyl sites for hydroxylation is 1. The fourth-order valence-corrected chi connectivity index (χ4v) is 3.23. The van der Waals surface area contributed by atoms with Crippen LogP contribution in [0.25, 0.3) is 0 Å². The van der Waals surface area contributed by atoms with E-state index in [1.54, 1.807) is 0 Å². The van der Waals surface area contributed by atoms with Crippen LogP contribution in [0.15, 0.2) is 18.2 Å². The largest absolute Gasteiger partial charge is 0.334 e. The fourth-order valence-electron chi connectivity index (χ4n) is 3.23. The van der Waals surface area contributed by atoms with Gasteiger partial charge in [0.25, 0.3) is 5.91 Å². The van der Waals surface area contributed by atoms with Crippen LogP contribution < -0.4 is 10.6 Å². The first-order valence-corrected chi connectivity index (χ1v) is 7.57. The van der Waals surface area contributed by atoms with Crippen molar-refractivity contribution in [2.75, 3.05) is 25.5 Å². The average molecular weight is 287 g/mol. The van der Waals surface area contributed by atoms with E-state index in [9.17, 15) is 9.59 Å². The lowest BCUT2D eigenvalue weighted by molar-refractivity contribution is -0.116. The molecular formula is C16H21N3O2. The lowest BCUT2D eigenvalue weighted by Gasteiger charge is -2.25. The van der Waals surface area contributed by atoms with Gasteiger partial charge in [0, 0.05) is 36.8 Å². The number of hydrogen-bond acceptors (Lipinski definition) is 3. The van der Waals surface area contributed by atoms with Crippen molar-refractivity contribution in [1.82, 2.24) is 10.2 Å². The number of benzene rings is 1. The number of nitrogens with one attached hydrogen (secondary N) is 2. The zero-order chi connectivity index (χ0) is 14.8. The van der Waals surface area contributed by atoms with Gasteiger partial charge in [0.05, 0.1) is 0 Å². The number of hydrogen-bond donors (Lipinski definition) is 2. The summed E-state index contributed by atoms with van der Waals surface area (Å²) in [6.45, 7) is 1.67. The lowest BCUT2D eigenvalue weighted by atomic mass is 10.00. The molecule has 2 aliphatic rings. The van der Waals surface area contributed by atoms with Crippen molar-refractivity contribution in [2.45, 2.75) is 31.7 Å². The normalized spacial score (nSPS) is 21.1. The molecule has 0 radical (unpaired) electrons. The number of carbonyl (C=O) groups excluding carboxylic acids is 2. The van der Waals surface area contributed by atoms with E-state index in [2.05, 4.69) is 10.6 Å². The van der Waals surface area contributed by atoms with Crippen molar-refractivity contribution in [1.29, 1.82) is 0 Å². The Hall–Kier alpha value is -1.88. The maximum absolute atomic E-state index is 12.7. The Morgan fingerprint density at radius 2 is 2.29 bits per heavy atom. The Balaban J connectivity index is 1.80. The van der Waals surface area contributed by atoms with Crippen LogP contribution in [0.2, 0.25) is 0 Å². The van der Waals surface area contributed by atoms with Crippen molar-refractivity contribution in [3.63, 3.8) is 0 Å². The van der Waals surface area contributed by atoms with Crippen LogP contribution in [0.1, 0.15) is 35.2 Å². The molecule has 0 spiro atoms. The van der Waals surface area contributed by atoms with Gasteiger partial charge in [-0.05, 0) is 50.1 Å². The van der Waals surface area contributed by atoms with Crippen LogP contribution in [0.3, 0.4) is 0 Å². The Labute approximate surface area is 124 Å². The molecule has 0 saturated carbocycles. The third-order valence-corrected chi connectivity index (χ3v) is 4.33. The first-order chi connectivity index (χ1) is 10.2. The summed E-state index contributed by atoms with van der Waals surface area (Å²) in [6.07, 6.45) is 3.34. The summed E-state index contributed by atoms with van der Waals surface area (Å²) in [5.41, 5.74) is 2.63. The zero-order valence-electron chi connectivity index (χ0n) is 12.3. The van der Waals surface area contributed by atoms with Crippen molar-refractivity contribution >= 4 is 17.5 Å². The molecule has 0 bridgehead atoms. The van der Waals surface area contributed by atoms with Crippen molar-refractivity contribution in [2.24, 2.45) is 0 Å². The van der Waals surface area contributed by atoms with E-state index in [4.69, 9.17) is 0 Å². The molecule has 5 heteroatoms. The maximum atomic E-state index is 12.7. The van der Waals surface area contributed by atoms with Crippen LogP contribution in [-0.2, 0) is 11.2 Å². The van der Waals surface area contributed by atoms with Gasteiger partial charge in [-0.2, -0.15) is 0 Å². The first-order valence-electron chi connectivity index (χ1n) is 7.57. The molecule has 5 nitrogen and oxygen atoms in total. The third-order valence-electron chi connectivity index (χ3n) is 4.33. The summed E-state index contributed by atoms with van der Waals surface area (Å²) >= 11 is 0. The first kappa shape index (κ1) is 14.1. The Morgan fingerprint density at radius 3 is 3.10 bits per heavy atom. The maximum Gasteiger partial charge on any atom is 0.254 e. The number of fused-ring (bicyclic) bond motifs is 1. The minimum absolute atomic E-state index is 0.0511. The van der Waals surface area contributed by atoms with E-state index in [1.807, 2.05) is 30.1 Å². The second-order valence-electron chi connectivity index (χ2n) is 5.77. The quantitative estimate of drug-likeness (QED) is 0.883. The summed E-state index contributed by atoms with van der Waals surface area (Å²) in [7, 11) is 1.92. The predicted molar refractivity (Wildman–Crippen MR) is 81.4 cm³/mol. The number of rotatable bonds is 3. The number of amides is 2. The molecule has 2 N–H and O–H groups in total. The van der Waals surface area contributed by atoms with Gasteiger partial charge in [-0.3, -0.25) is 9.59 Å². The van der Waals surface area contributed by atoms with Gasteiger partial charge >= 0.3 is 0 Å². The molecule has 1 aromatic carbocycles. The zero-order valence-corrected chi connectivity index (χ0v) is 12.3. The van der Waals surface area contributed by atoms with Crippen molar-refractivity contribution < 1.29 is 9.59 Å². The number of nitrogens with zero attached hydrogens (tertiary/aromatic N) is 1. The molecule has 2 heterocycles. The third kappa shape index (κ3) is 2.78. The van der Waals surface area contributed by atoms with Gasteiger partial charge in [0.15, 0.2) is 0 Å². The SMILES string of the molecule is CNC[C@H]1CCCN1C(=O)c1ccc2c(c1)CCC(=O)N2. The van der Waals surface area contributed by atoms with Crippen LogP contribution in [0, 0.1) is 0 Å². The molecule has 112 valence electrons. The summed E-state index contributed by atoms with van der Waals surface area (Å²) in [6, 6.07) is 5.90. The van der Waals surface area contributed by atoms with Gasteiger partial charge in [-0.15, -0.1) is 0 Å². The molecule has 1 aromatic rings. The molecule has 1 saturated heterocycles. The molecule has 1 atom stereocenters. The number of likely N-dealkylation sites (N-methyl/N-ethyl adjacent to an activating group) is 1. The predicted octanol–water partition coefficient (Wildman–Crippen LogP) is 1.40. The van der Waals surface area contributed by atoms with E-state index in [0.717, 1.165) is 42.7 Å². The van der Waals surface area contributed by atoms with Gasteiger partial charge in [0.1, 0.15) is 0 Å². The standard InChI is InChI=1S/C16H21N3O2/c1-17-10-13-3-2-8-19(13)16(21)12-4-6-14-11(9-12)5-7-15(20)18-14/h4,6,9,13,17H,2-3,5,7-8,10H2,1H3,(H,18,20)/t13-/m1/s1. The summed E-state index contributed by atoms with van der Waals surface area (Å²) in [5, 5.41) is 6.01. The number of likely N-dealkylation sites (tertiary alicyclic amines) is 1. The minimum Gasteiger partial charge on any atom is -0.334 e. The Bertz CT molecular complexity index is 571.